The number of rotatable bonds is 5. The van der Waals surface area contributed by atoms with Crippen LogP contribution in [0.1, 0.15) is 17.5 Å². The second kappa shape index (κ2) is 8.31. The van der Waals surface area contributed by atoms with E-state index in [1.54, 1.807) is 11.3 Å². The van der Waals surface area contributed by atoms with Crippen molar-refractivity contribution in [2.45, 2.75) is 25.3 Å². The summed E-state index contributed by atoms with van der Waals surface area (Å²) in [6, 6.07) is 12.1. The van der Waals surface area contributed by atoms with Crippen LogP contribution in [0.5, 0.6) is 0 Å². The third-order valence-electron chi connectivity index (χ3n) is 3.51. The largest absolute Gasteiger partial charge is 0.355 e. The van der Waals surface area contributed by atoms with Gasteiger partial charge in [0.05, 0.1) is 32.4 Å². The van der Waals surface area contributed by atoms with Crippen molar-refractivity contribution in [1.29, 1.82) is 0 Å². The maximum absolute atomic E-state index is 5.61. The van der Waals surface area contributed by atoms with E-state index in [1.165, 1.54) is 0 Å². The van der Waals surface area contributed by atoms with Crippen molar-refractivity contribution in [1.82, 2.24) is 4.98 Å². The van der Waals surface area contributed by atoms with Gasteiger partial charge < -0.3 is 10.1 Å². The molecular weight excluding hydrogens is 418 g/mol. The molecule has 25 heavy (non-hydrogen) atoms. The van der Waals surface area contributed by atoms with Crippen molar-refractivity contribution in [3.05, 3.63) is 51.4 Å². The molecule has 0 spiro atoms. The van der Waals surface area contributed by atoms with Crippen molar-refractivity contribution in [3.63, 3.8) is 0 Å². The summed E-state index contributed by atoms with van der Waals surface area (Å²) in [7, 11) is 0. The monoisotopic (exact) mass is 435 g/mol. The average molecular weight is 436 g/mol. The van der Waals surface area contributed by atoms with E-state index in [4.69, 9.17) is 4.74 Å². The van der Waals surface area contributed by atoms with Crippen molar-refractivity contribution < 1.29 is 4.74 Å². The van der Waals surface area contributed by atoms with E-state index in [9.17, 15) is 0 Å². The Morgan fingerprint density at radius 2 is 2.20 bits per heavy atom. The lowest BCUT2D eigenvalue weighted by atomic mass is 10.2. The van der Waals surface area contributed by atoms with Crippen LogP contribution in [-0.4, -0.2) is 17.6 Å². The number of nitrogens with zero attached hydrogens (tertiary/aromatic N) is 2. The summed E-state index contributed by atoms with van der Waals surface area (Å²) in [5.41, 5.74) is 2.93. The standard InChI is InChI=1S/C18H18BrN3OS2/c1-11(20-10-23-9-13-4-3-5-14(19)8-13)21-15-6-7-16-17(18(15)24)22-12(2)25-16/h3-8,24H,9-10H2,1-2H3,(H,20,21). The molecule has 2 aromatic carbocycles. The number of benzene rings is 2. The Morgan fingerprint density at radius 1 is 1.36 bits per heavy atom. The van der Waals surface area contributed by atoms with Gasteiger partial charge in [-0.05, 0) is 43.7 Å². The van der Waals surface area contributed by atoms with Crippen LogP contribution in [0.25, 0.3) is 10.2 Å². The van der Waals surface area contributed by atoms with Crippen molar-refractivity contribution >= 4 is 61.6 Å². The van der Waals surface area contributed by atoms with Gasteiger partial charge in [-0.25, -0.2) is 9.98 Å². The van der Waals surface area contributed by atoms with Crippen LogP contribution in [0.2, 0.25) is 0 Å². The normalized spacial score (nSPS) is 11.9. The highest BCUT2D eigenvalue weighted by Gasteiger charge is 2.09. The van der Waals surface area contributed by atoms with E-state index in [0.29, 0.717) is 13.3 Å². The fourth-order valence-corrected chi connectivity index (χ4v) is 4.02. The number of aryl methyl sites for hydroxylation is 1. The third-order valence-corrected chi connectivity index (χ3v) is 5.39. The number of thiol groups is 1. The zero-order valence-electron chi connectivity index (χ0n) is 13.9. The predicted molar refractivity (Wildman–Crippen MR) is 112 cm³/mol. The van der Waals surface area contributed by atoms with Crippen molar-refractivity contribution in [2.24, 2.45) is 4.99 Å². The quantitative estimate of drug-likeness (QED) is 0.235. The van der Waals surface area contributed by atoms with Gasteiger partial charge in [0.15, 0.2) is 0 Å². The molecule has 0 bridgehead atoms. The molecule has 0 atom stereocenters. The molecule has 1 aromatic heterocycles. The van der Waals surface area contributed by atoms with Crippen LogP contribution in [0.15, 0.2) is 50.8 Å². The smallest absolute Gasteiger partial charge is 0.139 e. The first-order chi connectivity index (χ1) is 12.0. The van der Waals surface area contributed by atoms with Crippen LogP contribution in [-0.2, 0) is 11.3 Å². The zero-order valence-corrected chi connectivity index (χ0v) is 17.2. The lowest BCUT2D eigenvalue weighted by Gasteiger charge is -2.09. The molecule has 4 nitrogen and oxygen atoms in total. The average Bonchev–Trinajstić information content (AvgIpc) is 2.96. The first kappa shape index (κ1) is 18.4. The number of nitrogens with one attached hydrogen (secondary N) is 1. The number of aliphatic imine (C=N–C) groups is 1. The van der Waals surface area contributed by atoms with Crippen molar-refractivity contribution in [3.8, 4) is 0 Å². The van der Waals surface area contributed by atoms with Gasteiger partial charge in [0.1, 0.15) is 12.6 Å². The number of hydrogen-bond donors (Lipinski definition) is 2. The van der Waals surface area contributed by atoms with Gasteiger partial charge in [-0.2, -0.15) is 0 Å². The Bertz CT molecular complexity index is 924. The number of aromatic nitrogens is 1. The van der Waals surface area contributed by atoms with E-state index < -0.39 is 0 Å². The first-order valence-electron chi connectivity index (χ1n) is 7.72. The lowest BCUT2D eigenvalue weighted by molar-refractivity contribution is 0.129. The fraction of sp³-hybridized carbons (Fsp3) is 0.222. The van der Waals surface area contributed by atoms with Crippen LogP contribution < -0.4 is 5.32 Å². The van der Waals surface area contributed by atoms with Crippen LogP contribution in [0.4, 0.5) is 5.69 Å². The summed E-state index contributed by atoms with van der Waals surface area (Å²) in [6.45, 7) is 4.73. The molecule has 0 saturated heterocycles. The molecule has 0 amide bonds. The number of anilines is 1. The molecule has 0 aliphatic rings. The molecule has 0 aliphatic heterocycles. The van der Waals surface area contributed by atoms with Crippen LogP contribution in [0.3, 0.4) is 0 Å². The van der Waals surface area contributed by atoms with E-state index in [-0.39, 0.29) is 0 Å². The minimum absolute atomic E-state index is 0.297. The maximum atomic E-state index is 5.61. The lowest BCUT2D eigenvalue weighted by Crippen LogP contribution is -2.09. The molecule has 130 valence electrons. The maximum Gasteiger partial charge on any atom is 0.139 e. The van der Waals surface area contributed by atoms with Crippen LogP contribution in [0, 0.1) is 6.92 Å². The molecule has 3 aromatic rings. The Labute approximate surface area is 164 Å². The zero-order chi connectivity index (χ0) is 17.8. The van der Waals surface area contributed by atoms with Gasteiger partial charge >= 0.3 is 0 Å². The topological polar surface area (TPSA) is 46.5 Å². The number of halogens is 1. The minimum atomic E-state index is 0.297. The number of hydrogen-bond acceptors (Lipinski definition) is 5. The van der Waals surface area contributed by atoms with E-state index >= 15 is 0 Å². The van der Waals surface area contributed by atoms with Crippen molar-refractivity contribution in [2.75, 3.05) is 12.0 Å². The van der Waals surface area contributed by atoms with Crippen LogP contribution >= 0.6 is 39.9 Å². The second-order valence-corrected chi connectivity index (χ2v) is 8.12. The van der Waals surface area contributed by atoms with Gasteiger partial charge in [-0.3, -0.25) is 0 Å². The highest BCUT2D eigenvalue weighted by Crippen LogP contribution is 2.32. The molecule has 0 radical (unpaired) electrons. The van der Waals surface area contributed by atoms with Gasteiger partial charge in [0.25, 0.3) is 0 Å². The highest BCUT2D eigenvalue weighted by molar-refractivity contribution is 9.10. The SMILES string of the molecule is CC(=NCOCc1cccc(Br)c1)Nc1ccc2sc(C)nc2c1S. The Hall–Kier alpha value is -1.41. The molecule has 0 unspecified atom stereocenters. The van der Waals surface area contributed by atoms with E-state index in [0.717, 1.165) is 41.7 Å². The molecule has 0 aliphatic carbocycles. The molecule has 0 fully saturated rings. The molecule has 0 saturated carbocycles. The first-order valence-corrected chi connectivity index (χ1v) is 9.78. The summed E-state index contributed by atoms with van der Waals surface area (Å²) < 4.78 is 7.79. The Balaban J connectivity index is 1.59. The minimum Gasteiger partial charge on any atom is -0.355 e. The fourth-order valence-electron chi connectivity index (χ4n) is 2.36. The molecular formula is C18H18BrN3OS2. The van der Waals surface area contributed by atoms with Gasteiger partial charge in [-0.1, -0.05) is 28.1 Å². The summed E-state index contributed by atoms with van der Waals surface area (Å²) in [4.78, 5) is 9.77. The van der Waals surface area contributed by atoms with Gasteiger partial charge in [0, 0.05) is 4.47 Å². The van der Waals surface area contributed by atoms with Gasteiger partial charge in [-0.15, -0.1) is 24.0 Å². The molecule has 3 rings (SSSR count). The number of ether oxygens (including phenoxy) is 1. The second-order valence-electron chi connectivity index (χ2n) is 5.52. The summed E-state index contributed by atoms with van der Waals surface area (Å²) in [5, 5.41) is 4.31. The Kier molecular flexibility index (Phi) is 6.11. The molecule has 7 heteroatoms. The summed E-state index contributed by atoms with van der Waals surface area (Å²) in [6.07, 6.45) is 0. The predicted octanol–water partition coefficient (Wildman–Crippen LogP) is 5.66. The highest BCUT2D eigenvalue weighted by atomic mass is 79.9. The van der Waals surface area contributed by atoms with Gasteiger partial charge in [0.2, 0.25) is 0 Å². The number of thiazole rings is 1. The summed E-state index contributed by atoms with van der Waals surface area (Å²) in [5.74, 6) is 0.774. The Morgan fingerprint density at radius 3 is 3.00 bits per heavy atom. The molecule has 1 N–H and O–H groups in total. The third kappa shape index (κ3) is 4.82. The number of amidine groups is 1. The number of fused-ring (bicyclic) bond motifs is 1. The summed E-state index contributed by atoms with van der Waals surface area (Å²) >= 11 is 9.73. The molecule has 1 heterocycles. The van der Waals surface area contributed by atoms with E-state index in [1.807, 2.05) is 44.2 Å². The van der Waals surface area contributed by atoms with E-state index in [2.05, 4.69) is 49.9 Å².